The summed E-state index contributed by atoms with van der Waals surface area (Å²) in [5.41, 5.74) is 1.43. The molecular weight excluding hydrogens is 228 g/mol. The molecule has 0 atom stereocenters. The molecule has 80 valence electrons. The van der Waals surface area contributed by atoms with Gasteiger partial charge in [0, 0.05) is 27.9 Å². The lowest BCUT2D eigenvalue weighted by molar-refractivity contribution is 0.0782. The smallest absolute Gasteiger partial charge is 0.0479 e. The molecule has 2 aliphatic heterocycles. The first-order valence-corrected chi connectivity index (χ1v) is 6.52. The molecule has 3 rings (SSSR count). The molecule has 15 heavy (non-hydrogen) atoms. The van der Waals surface area contributed by atoms with E-state index in [9.17, 15) is 0 Å². The molecule has 0 N–H and O–H groups in total. The van der Waals surface area contributed by atoms with Gasteiger partial charge < -0.3 is 4.74 Å². The van der Waals surface area contributed by atoms with E-state index in [0.717, 1.165) is 24.7 Å². The van der Waals surface area contributed by atoms with Crippen molar-refractivity contribution < 1.29 is 4.74 Å². The van der Waals surface area contributed by atoms with E-state index in [1.165, 1.54) is 23.3 Å². The number of hydrogen-bond acceptors (Lipinski definition) is 2. The molecule has 2 heterocycles. The molecule has 0 amide bonds. The molecule has 1 fully saturated rings. The highest BCUT2D eigenvalue weighted by atomic mass is 35.5. The fourth-order valence-electron chi connectivity index (χ4n) is 2.42. The molecule has 0 aliphatic carbocycles. The third-order valence-corrected chi connectivity index (χ3v) is 5.10. The van der Waals surface area contributed by atoms with Gasteiger partial charge in [0.05, 0.1) is 0 Å². The molecule has 0 radical (unpaired) electrons. The largest absolute Gasteiger partial charge is 0.381 e. The zero-order valence-electron chi connectivity index (χ0n) is 8.46. The molecule has 3 heteroatoms. The summed E-state index contributed by atoms with van der Waals surface area (Å²) >= 11 is 8.05. The van der Waals surface area contributed by atoms with Crippen LogP contribution in [0, 0.1) is 0 Å². The summed E-state index contributed by atoms with van der Waals surface area (Å²) in [5.74, 6) is 0. The highest BCUT2D eigenvalue weighted by Gasteiger charge is 2.39. The van der Waals surface area contributed by atoms with Gasteiger partial charge in [-0.25, -0.2) is 0 Å². The molecule has 0 bridgehead atoms. The van der Waals surface area contributed by atoms with Crippen LogP contribution in [-0.2, 0) is 11.2 Å². The monoisotopic (exact) mass is 240 g/mol. The number of halogens is 1. The average molecular weight is 241 g/mol. The third kappa shape index (κ3) is 1.79. The Kier molecular flexibility index (Phi) is 2.46. The van der Waals surface area contributed by atoms with E-state index < -0.39 is 0 Å². The predicted octanol–water partition coefficient (Wildman–Crippen LogP) is 3.54. The number of fused-ring (bicyclic) bond motifs is 1. The van der Waals surface area contributed by atoms with Crippen molar-refractivity contribution in [2.75, 3.05) is 13.2 Å². The van der Waals surface area contributed by atoms with Gasteiger partial charge in [-0.1, -0.05) is 11.6 Å². The molecular formula is C12H13ClOS. The van der Waals surface area contributed by atoms with Crippen molar-refractivity contribution in [1.82, 2.24) is 0 Å². The Hall–Kier alpha value is -0.180. The fraction of sp³-hybridized carbons (Fsp3) is 0.500. The summed E-state index contributed by atoms with van der Waals surface area (Å²) in [7, 11) is 0. The van der Waals surface area contributed by atoms with Crippen LogP contribution in [0.2, 0.25) is 5.02 Å². The zero-order valence-corrected chi connectivity index (χ0v) is 10.0. The lowest BCUT2D eigenvalue weighted by Crippen LogP contribution is -2.32. The molecule has 1 nitrogen and oxygen atoms in total. The Morgan fingerprint density at radius 1 is 1.27 bits per heavy atom. The van der Waals surface area contributed by atoms with Gasteiger partial charge in [0.2, 0.25) is 0 Å². The first kappa shape index (κ1) is 10.0. The lowest BCUT2D eigenvalue weighted by atomic mass is 9.92. The molecule has 1 saturated heterocycles. The number of thioether (sulfide) groups is 1. The average Bonchev–Trinajstić information content (AvgIpc) is 2.56. The third-order valence-electron chi connectivity index (χ3n) is 3.27. The van der Waals surface area contributed by atoms with Gasteiger partial charge in [0.15, 0.2) is 0 Å². The van der Waals surface area contributed by atoms with E-state index in [0.29, 0.717) is 4.75 Å². The fourth-order valence-corrected chi connectivity index (χ4v) is 4.08. The number of rotatable bonds is 0. The maximum absolute atomic E-state index is 6.02. The van der Waals surface area contributed by atoms with Crippen molar-refractivity contribution in [3.8, 4) is 0 Å². The van der Waals surface area contributed by atoms with Gasteiger partial charge in [0.25, 0.3) is 0 Å². The van der Waals surface area contributed by atoms with E-state index in [2.05, 4.69) is 12.1 Å². The maximum atomic E-state index is 6.02. The first-order chi connectivity index (χ1) is 7.27. The second kappa shape index (κ2) is 3.69. The van der Waals surface area contributed by atoms with Crippen molar-refractivity contribution >= 4 is 23.4 Å². The molecule has 0 unspecified atom stereocenters. The predicted molar refractivity (Wildman–Crippen MR) is 63.8 cm³/mol. The van der Waals surface area contributed by atoms with Crippen molar-refractivity contribution in [3.05, 3.63) is 28.8 Å². The highest BCUT2D eigenvalue weighted by Crippen LogP contribution is 2.50. The first-order valence-electron chi connectivity index (χ1n) is 5.33. The SMILES string of the molecule is Clc1ccc2c(c1)CC1(CCOCC1)S2. The highest BCUT2D eigenvalue weighted by molar-refractivity contribution is 8.01. The number of benzene rings is 1. The quantitative estimate of drug-likeness (QED) is 0.686. The zero-order chi connectivity index (χ0) is 10.3. The Balaban J connectivity index is 1.90. The summed E-state index contributed by atoms with van der Waals surface area (Å²) in [5, 5.41) is 0.860. The maximum Gasteiger partial charge on any atom is 0.0479 e. The number of hydrogen-bond donors (Lipinski definition) is 0. The van der Waals surface area contributed by atoms with Crippen molar-refractivity contribution in [3.63, 3.8) is 0 Å². The molecule has 0 aromatic heterocycles. The Labute approximate surface area is 99.1 Å². The van der Waals surface area contributed by atoms with Gasteiger partial charge in [-0.15, -0.1) is 11.8 Å². The second-order valence-corrected chi connectivity index (χ2v) is 6.27. The molecule has 0 saturated carbocycles. The summed E-state index contributed by atoms with van der Waals surface area (Å²) in [4.78, 5) is 1.42. The minimum Gasteiger partial charge on any atom is -0.381 e. The van der Waals surface area contributed by atoms with Gasteiger partial charge in [-0.05, 0) is 43.0 Å². The number of ether oxygens (including phenoxy) is 1. The van der Waals surface area contributed by atoms with Gasteiger partial charge >= 0.3 is 0 Å². The van der Waals surface area contributed by atoms with Crippen LogP contribution in [-0.4, -0.2) is 18.0 Å². The van der Waals surface area contributed by atoms with Crippen LogP contribution >= 0.6 is 23.4 Å². The summed E-state index contributed by atoms with van der Waals surface area (Å²) in [6, 6.07) is 6.27. The Bertz CT molecular complexity index is 385. The Morgan fingerprint density at radius 2 is 2.07 bits per heavy atom. The van der Waals surface area contributed by atoms with E-state index in [1.807, 2.05) is 17.8 Å². The molecule has 1 aromatic carbocycles. The standard InChI is InChI=1S/C12H13ClOS/c13-10-1-2-11-9(7-10)8-12(15-11)3-5-14-6-4-12/h1-2,7H,3-6,8H2. The minimum atomic E-state index is 0.408. The van der Waals surface area contributed by atoms with E-state index in [1.54, 1.807) is 0 Å². The normalized spacial score (nSPS) is 23.0. The van der Waals surface area contributed by atoms with Crippen LogP contribution in [0.1, 0.15) is 18.4 Å². The van der Waals surface area contributed by atoms with Gasteiger partial charge in [-0.3, -0.25) is 0 Å². The summed E-state index contributed by atoms with van der Waals surface area (Å²) in [6.07, 6.45) is 3.50. The summed E-state index contributed by atoms with van der Waals surface area (Å²) in [6.45, 7) is 1.82. The van der Waals surface area contributed by atoms with E-state index >= 15 is 0 Å². The molecule has 1 aromatic rings. The molecule has 2 aliphatic rings. The van der Waals surface area contributed by atoms with Crippen LogP contribution in [0.3, 0.4) is 0 Å². The van der Waals surface area contributed by atoms with Crippen LogP contribution < -0.4 is 0 Å². The van der Waals surface area contributed by atoms with Crippen LogP contribution in [0.4, 0.5) is 0 Å². The van der Waals surface area contributed by atoms with Crippen LogP contribution in [0.15, 0.2) is 23.1 Å². The van der Waals surface area contributed by atoms with Gasteiger partial charge in [0.1, 0.15) is 0 Å². The van der Waals surface area contributed by atoms with Crippen LogP contribution in [0.25, 0.3) is 0 Å². The minimum absolute atomic E-state index is 0.408. The van der Waals surface area contributed by atoms with E-state index in [4.69, 9.17) is 16.3 Å². The van der Waals surface area contributed by atoms with Gasteiger partial charge in [-0.2, -0.15) is 0 Å². The van der Waals surface area contributed by atoms with Crippen molar-refractivity contribution in [1.29, 1.82) is 0 Å². The van der Waals surface area contributed by atoms with Crippen molar-refractivity contribution in [2.24, 2.45) is 0 Å². The lowest BCUT2D eigenvalue weighted by Gasteiger charge is -2.32. The van der Waals surface area contributed by atoms with E-state index in [-0.39, 0.29) is 0 Å². The van der Waals surface area contributed by atoms with Crippen molar-refractivity contribution in [2.45, 2.75) is 28.9 Å². The van der Waals surface area contributed by atoms with Crippen LogP contribution in [0.5, 0.6) is 0 Å². The topological polar surface area (TPSA) is 9.23 Å². The Morgan fingerprint density at radius 3 is 2.87 bits per heavy atom. The second-order valence-electron chi connectivity index (χ2n) is 4.33. The molecule has 1 spiro atoms. The summed E-state index contributed by atoms with van der Waals surface area (Å²) < 4.78 is 5.85.